The van der Waals surface area contributed by atoms with Crippen molar-refractivity contribution in [1.29, 1.82) is 0 Å². The molecule has 4 saturated carbocycles. The second-order valence-electron chi connectivity index (χ2n) is 7.62. The van der Waals surface area contributed by atoms with Gasteiger partial charge >= 0.3 is 0 Å². The third-order valence-electron chi connectivity index (χ3n) is 6.07. The van der Waals surface area contributed by atoms with Crippen LogP contribution in [0.2, 0.25) is 0 Å². The summed E-state index contributed by atoms with van der Waals surface area (Å²) in [4.78, 5) is 22.6. The molecule has 0 aromatic heterocycles. The Labute approximate surface area is 135 Å². The quantitative estimate of drug-likeness (QED) is 0.685. The number of non-ortho nitro benzene ring substituents is 1. The molecule has 0 atom stereocenters. The van der Waals surface area contributed by atoms with Gasteiger partial charge in [-0.3, -0.25) is 14.9 Å². The Morgan fingerprint density at radius 1 is 1.04 bits per heavy atom. The first kappa shape index (κ1) is 14.7. The number of hydrogen-bond acceptors (Lipinski definition) is 3. The molecular weight excluding hydrogens is 292 g/mol. The maximum Gasteiger partial charge on any atom is 0.269 e. The standard InChI is InChI=1S/C18H22N2O3/c21-17(10-11-1-3-16(4-2-11)20(22)23)19-18-14-6-12-5-13(8-14)9-15(18)7-12/h1-4,12-15,18H,5-10H2,(H,19,21). The Hall–Kier alpha value is -1.91. The lowest BCUT2D eigenvalue weighted by Gasteiger charge is -2.54. The number of carbonyl (C=O) groups is 1. The van der Waals surface area contributed by atoms with Gasteiger partial charge in [-0.15, -0.1) is 0 Å². The highest BCUT2D eigenvalue weighted by Gasteiger charge is 2.48. The molecule has 5 rings (SSSR count). The predicted molar refractivity (Wildman–Crippen MR) is 85.8 cm³/mol. The number of nitrogens with one attached hydrogen (secondary N) is 1. The van der Waals surface area contributed by atoms with Gasteiger partial charge in [-0.2, -0.15) is 0 Å². The van der Waals surface area contributed by atoms with Gasteiger partial charge in [0.25, 0.3) is 5.69 Å². The molecule has 5 nitrogen and oxygen atoms in total. The zero-order valence-corrected chi connectivity index (χ0v) is 13.1. The average Bonchev–Trinajstić information content (AvgIpc) is 2.50. The number of hydrogen-bond donors (Lipinski definition) is 1. The first-order chi connectivity index (χ1) is 11.1. The molecular formula is C18H22N2O3. The van der Waals surface area contributed by atoms with Gasteiger partial charge in [0.2, 0.25) is 5.91 Å². The molecule has 4 aliphatic carbocycles. The van der Waals surface area contributed by atoms with Crippen molar-refractivity contribution in [2.75, 3.05) is 0 Å². The molecule has 122 valence electrons. The highest BCUT2D eigenvalue weighted by Crippen LogP contribution is 2.53. The molecule has 0 heterocycles. The zero-order chi connectivity index (χ0) is 16.0. The molecule has 0 unspecified atom stereocenters. The Morgan fingerprint density at radius 3 is 2.13 bits per heavy atom. The fraction of sp³-hybridized carbons (Fsp3) is 0.611. The maximum atomic E-state index is 12.4. The third-order valence-corrected chi connectivity index (χ3v) is 6.07. The largest absolute Gasteiger partial charge is 0.353 e. The summed E-state index contributed by atoms with van der Waals surface area (Å²) in [5.41, 5.74) is 0.895. The minimum atomic E-state index is -0.418. The van der Waals surface area contributed by atoms with Crippen LogP contribution in [0.15, 0.2) is 24.3 Å². The van der Waals surface area contributed by atoms with Crippen molar-refractivity contribution in [2.24, 2.45) is 23.7 Å². The SMILES string of the molecule is O=C(Cc1ccc([N+](=O)[O-])cc1)NC1C2CC3CC(C2)CC1C3. The monoisotopic (exact) mass is 314 g/mol. The van der Waals surface area contributed by atoms with Crippen LogP contribution in [-0.2, 0) is 11.2 Å². The lowest BCUT2D eigenvalue weighted by atomic mass is 9.54. The Kier molecular flexibility index (Phi) is 3.58. The minimum absolute atomic E-state index is 0.0522. The van der Waals surface area contributed by atoms with Crippen molar-refractivity contribution < 1.29 is 9.72 Å². The van der Waals surface area contributed by atoms with E-state index in [0.717, 1.165) is 17.4 Å². The number of nitro groups is 1. The number of nitro benzene ring substituents is 1. The summed E-state index contributed by atoms with van der Waals surface area (Å²) >= 11 is 0. The van der Waals surface area contributed by atoms with E-state index in [1.807, 2.05) is 0 Å². The maximum absolute atomic E-state index is 12.4. The second-order valence-corrected chi connectivity index (χ2v) is 7.62. The van der Waals surface area contributed by atoms with Gasteiger partial charge in [0, 0.05) is 18.2 Å². The van der Waals surface area contributed by atoms with E-state index in [0.29, 0.717) is 24.3 Å². The van der Waals surface area contributed by atoms with Crippen molar-refractivity contribution in [3.63, 3.8) is 0 Å². The zero-order valence-electron chi connectivity index (χ0n) is 13.1. The summed E-state index contributed by atoms with van der Waals surface area (Å²) in [5.74, 6) is 3.20. The summed E-state index contributed by atoms with van der Waals surface area (Å²) in [6.45, 7) is 0. The van der Waals surface area contributed by atoms with E-state index in [-0.39, 0.29) is 11.6 Å². The Balaban J connectivity index is 1.37. The topological polar surface area (TPSA) is 72.2 Å². The van der Waals surface area contributed by atoms with E-state index < -0.39 is 4.92 Å². The van der Waals surface area contributed by atoms with E-state index in [1.54, 1.807) is 12.1 Å². The summed E-state index contributed by atoms with van der Waals surface area (Å²) in [7, 11) is 0. The molecule has 4 bridgehead atoms. The molecule has 1 amide bonds. The fourth-order valence-corrected chi connectivity index (χ4v) is 5.32. The Morgan fingerprint density at radius 2 is 1.61 bits per heavy atom. The molecule has 0 spiro atoms. The van der Waals surface area contributed by atoms with Crippen LogP contribution >= 0.6 is 0 Å². The lowest BCUT2D eigenvalue weighted by Crippen LogP contribution is -2.56. The van der Waals surface area contributed by atoms with Crippen molar-refractivity contribution >= 4 is 11.6 Å². The molecule has 5 heteroatoms. The fourth-order valence-electron chi connectivity index (χ4n) is 5.32. The number of rotatable bonds is 4. The van der Waals surface area contributed by atoms with E-state index in [2.05, 4.69) is 5.32 Å². The van der Waals surface area contributed by atoms with E-state index >= 15 is 0 Å². The summed E-state index contributed by atoms with van der Waals surface area (Å²) in [5, 5.41) is 13.9. The van der Waals surface area contributed by atoms with Crippen LogP contribution < -0.4 is 5.32 Å². The van der Waals surface area contributed by atoms with Crippen LogP contribution in [-0.4, -0.2) is 16.9 Å². The van der Waals surface area contributed by atoms with E-state index in [9.17, 15) is 14.9 Å². The molecule has 1 aromatic rings. The van der Waals surface area contributed by atoms with E-state index in [4.69, 9.17) is 0 Å². The molecule has 0 saturated heterocycles. The number of amides is 1. The highest BCUT2D eigenvalue weighted by molar-refractivity contribution is 5.79. The van der Waals surface area contributed by atoms with Crippen LogP contribution in [0.4, 0.5) is 5.69 Å². The molecule has 0 radical (unpaired) electrons. The van der Waals surface area contributed by atoms with Gasteiger partial charge in [-0.1, -0.05) is 12.1 Å². The third kappa shape index (κ3) is 2.84. The van der Waals surface area contributed by atoms with E-state index in [1.165, 1.54) is 44.2 Å². The first-order valence-electron chi connectivity index (χ1n) is 8.61. The van der Waals surface area contributed by atoms with Gasteiger partial charge in [0.15, 0.2) is 0 Å². The van der Waals surface area contributed by atoms with Gasteiger partial charge in [0.05, 0.1) is 11.3 Å². The van der Waals surface area contributed by atoms with Crippen LogP contribution in [0, 0.1) is 33.8 Å². The molecule has 1 aromatic carbocycles. The smallest absolute Gasteiger partial charge is 0.269 e. The summed E-state index contributed by atoms with van der Waals surface area (Å²) in [6.07, 6.45) is 6.87. The number of benzene rings is 1. The summed E-state index contributed by atoms with van der Waals surface area (Å²) in [6, 6.07) is 6.63. The predicted octanol–water partition coefficient (Wildman–Crippen LogP) is 3.08. The van der Waals surface area contributed by atoms with Crippen LogP contribution in [0.1, 0.15) is 37.7 Å². The molecule has 4 fully saturated rings. The summed E-state index contributed by atoms with van der Waals surface area (Å²) < 4.78 is 0. The first-order valence-corrected chi connectivity index (χ1v) is 8.61. The number of carbonyl (C=O) groups excluding carboxylic acids is 1. The van der Waals surface area contributed by atoms with Crippen LogP contribution in [0.25, 0.3) is 0 Å². The van der Waals surface area contributed by atoms with Crippen LogP contribution in [0.3, 0.4) is 0 Å². The molecule has 23 heavy (non-hydrogen) atoms. The average molecular weight is 314 g/mol. The normalized spacial score (nSPS) is 34.3. The van der Waals surface area contributed by atoms with Crippen LogP contribution in [0.5, 0.6) is 0 Å². The van der Waals surface area contributed by atoms with Gasteiger partial charge in [-0.25, -0.2) is 0 Å². The van der Waals surface area contributed by atoms with Gasteiger partial charge < -0.3 is 5.32 Å². The highest BCUT2D eigenvalue weighted by atomic mass is 16.6. The van der Waals surface area contributed by atoms with Crippen molar-refractivity contribution in [3.05, 3.63) is 39.9 Å². The van der Waals surface area contributed by atoms with Crippen molar-refractivity contribution in [1.82, 2.24) is 5.32 Å². The Bertz CT molecular complexity index is 598. The lowest BCUT2D eigenvalue weighted by molar-refractivity contribution is -0.384. The van der Waals surface area contributed by atoms with Gasteiger partial charge in [-0.05, 0) is 61.3 Å². The molecule has 1 N–H and O–H groups in total. The second kappa shape index (κ2) is 5.62. The number of nitrogens with zero attached hydrogens (tertiary/aromatic N) is 1. The van der Waals surface area contributed by atoms with Crippen molar-refractivity contribution in [2.45, 2.75) is 44.6 Å². The molecule has 0 aliphatic heterocycles. The minimum Gasteiger partial charge on any atom is -0.353 e. The molecule has 4 aliphatic rings. The van der Waals surface area contributed by atoms with Crippen molar-refractivity contribution in [3.8, 4) is 0 Å². The van der Waals surface area contributed by atoms with Gasteiger partial charge in [0.1, 0.15) is 0 Å².